The first-order valence-corrected chi connectivity index (χ1v) is 6.82. The lowest BCUT2D eigenvalue weighted by Crippen LogP contribution is -2.17. The molecule has 0 spiro atoms. The summed E-state index contributed by atoms with van der Waals surface area (Å²) in [5, 5.41) is 1.93. The zero-order valence-corrected chi connectivity index (χ0v) is 10.8. The summed E-state index contributed by atoms with van der Waals surface area (Å²) in [5.41, 5.74) is 0.268. The monoisotopic (exact) mass is 263 g/mol. The van der Waals surface area contributed by atoms with Crippen molar-refractivity contribution in [3.8, 4) is 10.6 Å². The molecule has 94 valence electrons. The van der Waals surface area contributed by atoms with Crippen LogP contribution in [-0.4, -0.2) is 17.1 Å². The molecule has 0 aliphatic heterocycles. The maximum atomic E-state index is 12.0. The average molecular weight is 263 g/mol. The van der Waals surface area contributed by atoms with E-state index in [9.17, 15) is 4.79 Å². The summed E-state index contributed by atoms with van der Waals surface area (Å²) in [4.78, 5) is 16.9. The molecule has 2 heterocycles. The van der Waals surface area contributed by atoms with Crippen LogP contribution in [0.25, 0.3) is 10.6 Å². The minimum Gasteiger partial charge on any atom is -0.458 e. The van der Waals surface area contributed by atoms with Gasteiger partial charge in [0.25, 0.3) is 0 Å². The molecule has 0 bridgehead atoms. The third-order valence-corrected chi connectivity index (χ3v) is 3.95. The van der Waals surface area contributed by atoms with Gasteiger partial charge < -0.3 is 9.15 Å². The Hall–Kier alpha value is -1.62. The molecule has 0 N–H and O–H groups in total. The van der Waals surface area contributed by atoms with Crippen molar-refractivity contribution in [1.29, 1.82) is 0 Å². The van der Waals surface area contributed by atoms with E-state index in [0.717, 1.165) is 17.7 Å². The summed E-state index contributed by atoms with van der Waals surface area (Å²) in [6.07, 6.45) is 3.54. The van der Waals surface area contributed by atoms with E-state index in [2.05, 4.69) is 4.98 Å². The first kappa shape index (κ1) is 11.5. The van der Waals surface area contributed by atoms with Crippen molar-refractivity contribution >= 4 is 17.3 Å². The lowest BCUT2D eigenvalue weighted by atomic mass is 10.2. The summed E-state index contributed by atoms with van der Waals surface area (Å²) in [6, 6.07) is 3.80. The van der Waals surface area contributed by atoms with E-state index in [0.29, 0.717) is 11.7 Å². The van der Waals surface area contributed by atoms with Gasteiger partial charge in [0.15, 0.2) is 17.8 Å². The highest BCUT2D eigenvalue weighted by atomic mass is 32.1. The molecule has 0 unspecified atom stereocenters. The fourth-order valence-electron chi connectivity index (χ4n) is 1.86. The largest absolute Gasteiger partial charge is 0.458 e. The van der Waals surface area contributed by atoms with Crippen molar-refractivity contribution in [2.24, 2.45) is 5.92 Å². The lowest BCUT2D eigenvalue weighted by Gasteiger charge is -2.10. The molecule has 0 radical (unpaired) electrons. The Morgan fingerprint density at radius 1 is 1.61 bits per heavy atom. The Kier molecular flexibility index (Phi) is 2.91. The molecule has 18 heavy (non-hydrogen) atoms. The number of oxazole rings is 1. The van der Waals surface area contributed by atoms with E-state index < -0.39 is 5.97 Å². The Balaban J connectivity index is 1.79. The highest BCUT2D eigenvalue weighted by Gasteiger charge is 2.32. The van der Waals surface area contributed by atoms with Gasteiger partial charge in [0, 0.05) is 0 Å². The molecule has 3 rings (SSSR count). The molecule has 4 nitrogen and oxygen atoms in total. The van der Waals surface area contributed by atoms with Crippen molar-refractivity contribution in [1.82, 2.24) is 4.98 Å². The number of ether oxygens (including phenoxy) is 1. The summed E-state index contributed by atoms with van der Waals surface area (Å²) in [5.74, 6) is 0.621. The number of thiophene rings is 1. The number of hydrogen-bond donors (Lipinski definition) is 0. The van der Waals surface area contributed by atoms with Crippen LogP contribution >= 0.6 is 11.3 Å². The number of hydrogen-bond acceptors (Lipinski definition) is 5. The molecule has 2 aromatic rings. The van der Waals surface area contributed by atoms with Crippen LogP contribution in [0.5, 0.6) is 0 Å². The fraction of sp³-hybridized carbons (Fsp3) is 0.385. The summed E-state index contributed by atoms with van der Waals surface area (Å²) >= 11 is 1.51. The SMILES string of the molecule is C[C@@H](OC(=O)c1ncoc1-c1cccs1)C1CC1. The number of aromatic nitrogens is 1. The zero-order chi connectivity index (χ0) is 12.5. The zero-order valence-electron chi connectivity index (χ0n) is 9.96. The number of rotatable bonds is 4. The standard InChI is InChI=1S/C13H13NO3S/c1-8(9-4-5-9)17-13(15)11-12(16-7-14-11)10-3-2-6-18-10/h2-3,6-9H,4-5H2,1H3/t8-/m1/s1. The minimum atomic E-state index is -0.397. The second-order valence-corrected chi connectivity index (χ2v) is 5.40. The average Bonchev–Trinajstić information content (AvgIpc) is 2.90. The topological polar surface area (TPSA) is 52.3 Å². The maximum Gasteiger partial charge on any atom is 0.361 e. The van der Waals surface area contributed by atoms with Crippen molar-refractivity contribution in [3.05, 3.63) is 29.6 Å². The summed E-state index contributed by atoms with van der Waals surface area (Å²) in [7, 11) is 0. The molecule has 1 atom stereocenters. The number of nitrogens with zero attached hydrogens (tertiary/aromatic N) is 1. The molecule has 1 aliphatic carbocycles. The lowest BCUT2D eigenvalue weighted by molar-refractivity contribution is 0.0289. The highest BCUT2D eigenvalue weighted by Crippen LogP contribution is 2.35. The van der Waals surface area contributed by atoms with Crippen molar-refractivity contribution < 1.29 is 13.9 Å². The third kappa shape index (κ3) is 2.18. The Morgan fingerprint density at radius 3 is 3.11 bits per heavy atom. The first-order valence-electron chi connectivity index (χ1n) is 5.94. The molecule has 0 amide bonds. The van der Waals surface area contributed by atoms with E-state index in [1.165, 1.54) is 17.7 Å². The molecule has 0 aromatic carbocycles. The molecular formula is C13H13NO3S. The normalized spacial score (nSPS) is 16.5. The van der Waals surface area contributed by atoms with Gasteiger partial charge in [0.05, 0.1) is 4.88 Å². The van der Waals surface area contributed by atoms with Crippen LogP contribution in [0.1, 0.15) is 30.3 Å². The molecule has 2 aromatic heterocycles. The van der Waals surface area contributed by atoms with Gasteiger partial charge in [-0.05, 0) is 37.1 Å². The van der Waals surface area contributed by atoms with E-state index in [4.69, 9.17) is 9.15 Å². The van der Waals surface area contributed by atoms with E-state index in [1.54, 1.807) is 0 Å². The van der Waals surface area contributed by atoms with Crippen molar-refractivity contribution in [2.75, 3.05) is 0 Å². The van der Waals surface area contributed by atoms with Crippen LogP contribution in [0.2, 0.25) is 0 Å². The molecule has 1 saturated carbocycles. The van der Waals surface area contributed by atoms with E-state index in [-0.39, 0.29) is 11.8 Å². The predicted octanol–water partition coefficient (Wildman–Crippen LogP) is 3.36. The van der Waals surface area contributed by atoms with Gasteiger partial charge in [-0.25, -0.2) is 9.78 Å². The van der Waals surface area contributed by atoms with Crippen LogP contribution in [0.4, 0.5) is 0 Å². The minimum absolute atomic E-state index is 0.0367. The van der Waals surface area contributed by atoms with Crippen LogP contribution in [-0.2, 0) is 4.74 Å². The van der Waals surface area contributed by atoms with Gasteiger partial charge in [-0.2, -0.15) is 0 Å². The second-order valence-electron chi connectivity index (χ2n) is 4.46. The first-order chi connectivity index (χ1) is 8.75. The number of carbonyl (C=O) groups is 1. The summed E-state index contributed by atoms with van der Waals surface area (Å²) in [6.45, 7) is 1.93. The third-order valence-electron chi connectivity index (χ3n) is 3.08. The van der Waals surface area contributed by atoms with Crippen LogP contribution < -0.4 is 0 Å². The van der Waals surface area contributed by atoms with Crippen LogP contribution in [0.15, 0.2) is 28.3 Å². The molecular weight excluding hydrogens is 250 g/mol. The Bertz CT molecular complexity index is 542. The Morgan fingerprint density at radius 2 is 2.44 bits per heavy atom. The second kappa shape index (κ2) is 4.57. The Labute approximate surface area is 109 Å². The molecule has 0 saturated heterocycles. The van der Waals surface area contributed by atoms with Gasteiger partial charge in [0.2, 0.25) is 0 Å². The number of carbonyl (C=O) groups excluding carboxylic acids is 1. The van der Waals surface area contributed by atoms with Gasteiger partial charge in [-0.1, -0.05) is 6.07 Å². The van der Waals surface area contributed by atoms with Crippen molar-refractivity contribution in [2.45, 2.75) is 25.9 Å². The van der Waals surface area contributed by atoms with Gasteiger partial charge in [-0.15, -0.1) is 11.3 Å². The quantitative estimate of drug-likeness (QED) is 0.794. The van der Waals surface area contributed by atoms with Crippen LogP contribution in [0.3, 0.4) is 0 Å². The van der Waals surface area contributed by atoms with Crippen molar-refractivity contribution in [3.63, 3.8) is 0 Å². The van der Waals surface area contributed by atoms with Gasteiger partial charge in [-0.3, -0.25) is 0 Å². The van der Waals surface area contributed by atoms with E-state index in [1.807, 2.05) is 24.4 Å². The molecule has 1 fully saturated rings. The van der Waals surface area contributed by atoms with Gasteiger partial charge >= 0.3 is 5.97 Å². The highest BCUT2D eigenvalue weighted by molar-refractivity contribution is 7.13. The predicted molar refractivity (Wildman–Crippen MR) is 67.4 cm³/mol. The summed E-state index contributed by atoms with van der Waals surface area (Å²) < 4.78 is 10.7. The number of esters is 1. The maximum absolute atomic E-state index is 12.0. The smallest absolute Gasteiger partial charge is 0.361 e. The van der Waals surface area contributed by atoms with E-state index >= 15 is 0 Å². The van der Waals surface area contributed by atoms with Crippen LogP contribution in [0, 0.1) is 5.92 Å². The fourth-order valence-corrected chi connectivity index (χ4v) is 2.57. The molecule has 5 heteroatoms. The van der Waals surface area contributed by atoms with Gasteiger partial charge in [0.1, 0.15) is 6.10 Å². The molecule has 1 aliphatic rings.